The number of nitrogens with zero attached hydrogens (tertiary/aromatic N) is 2. The molecule has 0 saturated heterocycles. The first-order chi connectivity index (χ1) is 8.20. The fraction of sp³-hybridized carbons (Fsp3) is 0.643. The van der Waals surface area contributed by atoms with Crippen molar-refractivity contribution in [3.05, 3.63) is 23.8 Å². The SMILES string of the molecule is CC(C)C1CCC(c2ncc(C=O)cn2)CC1. The molecule has 0 atom stereocenters. The molecule has 1 aromatic heterocycles. The Balaban J connectivity index is 1.97. The van der Waals surface area contributed by atoms with E-state index in [0.717, 1.165) is 23.9 Å². The zero-order valence-corrected chi connectivity index (χ0v) is 10.6. The van der Waals surface area contributed by atoms with Gasteiger partial charge in [-0.15, -0.1) is 0 Å². The third-order valence-corrected chi connectivity index (χ3v) is 3.91. The summed E-state index contributed by atoms with van der Waals surface area (Å²) in [5.74, 6) is 3.05. The van der Waals surface area contributed by atoms with E-state index in [1.165, 1.54) is 25.7 Å². The van der Waals surface area contributed by atoms with Crippen LogP contribution in [0, 0.1) is 11.8 Å². The molecule has 1 aromatic rings. The third kappa shape index (κ3) is 2.90. The molecular weight excluding hydrogens is 212 g/mol. The molecule has 0 amide bonds. The fourth-order valence-electron chi connectivity index (χ4n) is 2.66. The predicted molar refractivity (Wildman–Crippen MR) is 67.0 cm³/mol. The highest BCUT2D eigenvalue weighted by Crippen LogP contribution is 2.37. The lowest BCUT2D eigenvalue weighted by atomic mass is 9.77. The normalized spacial score (nSPS) is 24.9. The van der Waals surface area contributed by atoms with Gasteiger partial charge in [0.05, 0.1) is 5.56 Å². The first-order valence-corrected chi connectivity index (χ1v) is 6.48. The zero-order valence-electron chi connectivity index (χ0n) is 10.6. The van der Waals surface area contributed by atoms with Gasteiger partial charge in [-0.3, -0.25) is 4.79 Å². The smallest absolute Gasteiger partial charge is 0.153 e. The van der Waals surface area contributed by atoms with E-state index in [0.29, 0.717) is 11.5 Å². The van der Waals surface area contributed by atoms with Crippen molar-refractivity contribution >= 4 is 6.29 Å². The van der Waals surface area contributed by atoms with Gasteiger partial charge in [0.15, 0.2) is 6.29 Å². The van der Waals surface area contributed by atoms with Crippen LogP contribution in [0.1, 0.15) is 61.6 Å². The molecule has 1 aliphatic carbocycles. The van der Waals surface area contributed by atoms with Crippen molar-refractivity contribution in [2.75, 3.05) is 0 Å². The zero-order chi connectivity index (χ0) is 12.3. The van der Waals surface area contributed by atoms with Gasteiger partial charge in [0.1, 0.15) is 5.82 Å². The maximum atomic E-state index is 10.5. The van der Waals surface area contributed by atoms with Crippen LogP contribution in [-0.4, -0.2) is 16.3 Å². The van der Waals surface area contributed by atoms with Gasteiger partial charge in [0.2, 0.25) is 0 Å². The maximum Gasteiger partial charge on any atom is 0.153 e. The van der Waals surface area contributed by atoms with Crippen LogP contribution in [0.25, 0.3) is 0 Å². The Morgan fingerprint density at radius 3 is 2.24 bits per heavy atom. The second-order valence-corrected chi connectivity index (χ2v) is 5.35. The molecule has 1 fully saturated rings. The van der Waals surface area contributed by atoms with Crippen molar-refractivity contribution in [2.24, 2.45) is 11.8 Å². The molecule has 2 rings (SSSR count). The Morgan fingerprint density at radius 2 is 1.76 bits per heavy atom. The van der Waals surface area contributed by atoms with Crippen molar-refractivity contribution in [1.29, 1.82) is 0 Å². The average molecular weight is 232 g/mol. The van der Waals surface area contributed by atoms with Crippen LogP contribution >= 0.6 is 0 Å². The van der Waals surface area contributed by atoms with Gasteiger partial charge in [0.25, 0.3) is 0 Å². The highest BCUT2D eigenvalue weighted by atomic mass is 16.1. The minimum absolute atomic E-state index is 0.491. The molecule has 1 aliphatic rings. The lowest BCUT2D eigenvalue weighted by Gasteiger charge is -2.29. The summed E-state index contributed by atoms with van der Waals surface area (Å²) in [7, 11) is 0. The van der Waals surface area contributed by atoms with Crippen molar-refractivity contribution in [1.82, 2.24) is 9.97 Å². The maximum absolute atomic E-state index is 10.5. The number of aldehydes is 1. The van der Waals surface area contributed by atoms with Crippen LogP contribution in [0.5, 0.6) is 0 Å². The number of rotatable bonds is 3. The summed E-state index contributed by atoms with van der Waals surface area (Å²) < 4.78 is 0. The van der Waals surface area contributed by atoms with E-state index in [-0.39, 0.29) is 0 Å². The lowest BCUT2D eigenvalue weighted by Crippen LogP contribution is -2.18. The molecule has 17 heavy (non-hydrogen) atoms. The minimum atomic E-state index is 0.491. The van der Waals surface area contributed by atoms with Gasteiger partial charge in [-0.25, -0.2) is 9.97 Å². The standard InChI is InChI=1S/C14H20N2O/c1-10(2)12-3-5-13(6-4-12)14-15-7-11(9-17)8-16-14/h7-10,12-13H,3-6H2,1-2H3. The van der Waals surface area contributed by atoms with E-state index in [1.807, 2.05) is 0 Å². The molecule has 3 heteroatoms. The van der Waals surface area contributed by atoms with Crippen LogP contribution in [0.3, 0.4) is 0 Å². The summed E-state index contributed by atoms with van der Waals surface area (Å²) in [5, 5.41) is 0. The summed E-state index contributed by atoms with van der Waals surface area (Å²) in [6, 6.07) is 0. The Labute approximate surface area is 103 Å². The summed E-state index contributed by atoms with van der Waals surface area (Å²) in [5.41, 5.74) is 0.560. The molecule has 0 spiro atoms. The monoisotopic (exact) mass is 232 g/mol. The summed E-state index contributed by atoms with van der Waals surface area (Å²) >= 11 is 0. The first-order valence-electron chi connectivity index (χ1n) is 6.48. The predicted octanol–water partition coefficient (Wildman–Crippen LogP) is 3.22. The van der Waals surface area contributed by atoms with Crippen molar-refractivity contribution in [3.8, 4) is 0 Å². The molecule has 0 radical (unpaired) electrons. The van der Waals surface area contributed by atoms with Gasteiger partial charge in [-0.05, 0) is 37.5 Å². The van der Waals surface area contributed by atoms with Gasteiger partial charge in [0, 0.05) is 18.3 Å². The van der Waals surface area contributed by atoms with Crippen LogP contribution in [-0.2, 0) is 0 Å². The molecule has 3 nitrogen and oxygen atoms in total. The summed E-state index contributed by atoms with van der Waals surface area (Å²) in [4.78, 5) is 19.1. The molecular formula is C14H20N2O. The lowest BCUT2D eigenvalue weighted by molar-refractivity contribution is 0.112. The number of carbonyl (C=O) groups excluding carboxylic acids is 1. The largest absolute Gasteiger partial charge is 0.298 e. The van der Waals surface area contributed by atoms with Gasteiger partial charge < -0.3 is 0 Å². The Kier molecular flexibility index (Phi) is 3.87. The Hall–Kier alpha value is -1.25. The average Bonchev–Trinajstić information content (AvgIpc) is 2.39. The fourth-order valence-corrected chi connectivity index (χ4v) is 2.66. The number of carbonyl (C=O) groups is 1. The molecule has 0 aliphatic heterocycles. The summed E-state index contributed by atoms with van der Waals surface area (Å²) in [6.07, 6.45) is 8.97. The number of hydrogen-bond donors (Lipinski definition) is 0. The highest BCUT2D eigenvalue weighted by molar-refractivity contribution is 5.73. The second kappa shape index (κ2) is 5.39. The van der Waals surface area contributed by atoms with E-state index in [4.69, 9.17) is 0 Å². The van der Waals surface area contributed by atoms with E-state index in [2.05, 4.69) is 23.8 Å². The molecule has 1 heterocycles. The third-order valence-electron chi connectivity index (χ3n) is 3.91. The highest BCUT2D eigenvalue weighted by Gasteiger charge is 2.25. The number of hydrogen-bond acceptors (Lipinski definition) is 3. The van der Waals surface area contributed by atoms with E-state index < -0.39 is 0 Å². The topological polar surface area (TPSA) is 42.9 Å². The molecule has 1 saturated carbocycles. The molecule has 0 bridgehead atoms. The molecule has 0 unspecified atom stereocenters. The Morgan fingerprint density at radius 1 is 1.18 bits per heavy atom. The molecule has 0 N–H and O–H groups in total. The van der Waals surface area contributed by atoms with Crippen LogP contribution in [0.2, 0.25) is 0 Å². The van der Waals surface area contributed by atoms with Crippen molar-refractivity contribution in [2.45, 2.75) is 45.4 Å². The van der Waals surface area contributed by atoms with E-state index in [9.17, 15) is 4.79 Å². The number of aromatic nitrogens is 2. The van der Waals surface area contributed by atoms with Crippen molar-refractivity contribution in [3.63, 3.8) is 0 Å². The van der Waals surface area contributed by atoms with E-state index >= 15 is 0 Å². The Bertz CT molecular complexity index is 364. The van der Waals surface area contributed by atoms with Gasteiger partial charge in [-0.2, -0.15) is 0 Å². The molecule has 0 aromatic carbocycles. The second-order valence-electron chi connectivity index (χ2n) is 5.35. The van der Waals surface area contributed by atoms with Gasteiger partial charge in [-0.1, -0.05) is 13.8 Å². The van der Waals surface area contributed by atoms with Crippen LogP contribution < -0.4 is 0 Å². The summed E-state index contributed by atoms with van der Waals surface area (Å²) in [6.45, 7) is 4.61. The van der Waals surface area contributed by atoms with Gasteiger partial charge >= 0.3 is 0 Å². The van der Waals surface area contributed by atoms with Crippen LogP contribution in [0.15, 0.2) is 12.4 Å². The minimum Gasteiger partial charge on any atom is -0.298 e. The quantitative estimate of drug-likeness (QED) is 0.751. The van der Waals surface area contributed by atoms with Crippen LogP contribution in [0.4, 0.5) is 0 Å². The molecule has 92 valence electrons. The first kappa shape index (κ1) is 12.2. The van der Waals surface area contributed by atoms with E-state index in [1.54, 1.807) is 12.4 Å². The van der Waals surface area contributed by atoms with Crippen molar-refractivity contribution < 1.29 is 4.79 Å².